The van der Waals surface area contributed by atoms with Crippen molar-refractivity contribution in [2.45, 2.75) is 18.6 Å². The zero-order valence-corrected chi connectivity index (χ0v) is 14.0. The fraction of sp³-hybridized carbons (Fsp3) is 0.143. The number of aliphatic hydroxyl groups excluding tert-OH is 1. The molecule has 0 aromatic heterocycles. The van der Waals surface area contributed by atoms with Crippen molar-refractivity contribution in [2.24, 2.45) is 0 Å². The van der Waals surface area contributed by atoms with Crippen LogP contribution < -0.4 is 5.32 Å². The van der Waals surface area contributed by atoms with Gasteiger partial charge < -0.3 is 10.4 Å². The Balaban J connectivity index is 1.81. The van der Waals surface area contributed by atoms with E-state index >= 15 is 0 Å². The van der Waals surface area contributed by atoms with E-state index in [1.807, 2.05) is 72.8 Å². The van der Waals surface area contributed by atoms with Gasteiger partial charge >= 0.3 is 0 Å². The molecule has 3 rings (SSSR count). The Bertz CT molecular complexity index is 744. The van der Waals surface area contributed by atoms with Gasteiger partial charge in [-0.3, -0.25) is 0 Å². The molecule has 0 saturated heterocycles. The van der Waals surface area contributed by atoms with E-state index in [-0.39, 0.29) is 6.04 Å². The van der Waals surface area contributed by atoms with Crippen molar-refractivity contribution in [3.8, 4) is 0 Å². The smallest absolute Gasteiger partial charge is 0.0812 e. The lowest BCUT2D eigenvalue weighted by Gasteiger charge is -2.23. The number of anilines is 1. The first-order valence-corrected chi connectivity index (χ1v) is 8.40. The molecule has 2 N–H and O–H groups in total. The lowest BCUT2D eigenvalue weighted by molar-refractivity contribution is 0.160. The van der Waals surface area contributed by atoms with Gasteiger partial charge in [0.1, 0.15) is 0 Å². The summed E-state index contributed by atoms with van der Waals surface area (Å²) in [5.74, 6) is 0. The molecule has 2 unspecified atom stereocenters. The quantitative estimate of drug-likeness (QED) is 0.612. The highest BCUT2D eigenvalue weighted by atomic mass is 35.5. The maximum atomic E-state index is 10.6. The van der Waals surface area contributed by atoms with Crippen molar-refractivity contribution < 1.29 is 5.11 Å². The Kier molecular flexibility index (Phi) is 5.52. The Labute approximate surface area is 147 Å². The van der Waals surface area contributed by atoms with Crippen molar-refractivity contribution in [2.75, 3.05) is 5.32 Å². The van der Waals surface area contributed by atoms with E-state index in [1.165, 1.54) is 0 Å². The highest BCUT2D eigenvalue weighted by molar-refractivity contribution is 6.30. The van der Waals surface area contributed by atoms with Crippen LogP contribution in [0.1, 0.15) is 29.7 Å². The maximum absolute atomic E-state index is 10.6. The van der Waals surface area contributed by atoms with Crippen molar-refractivity contribution >= 4 is 17.3 Å². The van der Waals surface area contributed by atoms with E-state index in [9.17, 15) is 5.11 Å². The third kappa shape index (κ3) is 4.38. The monoisotopic (exact) mass is 337 g/mol. The summed E-state index contributed by atoms with van der Waals surface area (Å²) in [6.07, 6.45) is 0.0487. The summed E-state index contributed by atoms with van der Waals surface area (Å²) in [4.78, 5) is 0. The van der Waals surface area contributed by atoms with Gasteiger partial charge in [0.15, 0.2) is 0 Å². The molecule has 2 atom stereocenters. The van der Waals surface area contributed by atoms with E-state index in [0.29, 0.717) is 11.4 Å². The number of hydrogen-bond acceptors (Lipinski definition) is 2. The summed E-state index contributed by atoms with van der Waals surface area (Å²) in [6, 6.07) is 27.6. The van der Waals surface area contributed by atoms with Crippen LogP contribution in [-0.2, 0) is 0 Å². The SMILES string of the molecule is OC(CC(Nc1ccc(Cl)cc1)c1ccccc1)c1ccccc1. The highest BCUT2D eigenvalue weighted by Crippen LogP contribution is 2.30. The van der Waals surface area contributed by atoms with Gasteiger partial charge in [-0.05, 0) is 35.4 Å². The minimum atomic E-state index is -0.531. The van der Waals surface area contributed by atoms with Gasteiger partial charge in [0, 0.05) is 17.1 Å². The molecule has 2 nitrogen and oxygen atoms in total. The third-order valence-corrected chi connectivity index (χ3v) is 4.28. The average molecular weight is 338 g/mol. The minimum Gasteiger partial charge on any atom is -0.388 e. The van der Waals surface area contributed by atoms with Gasteiger partial charge in [-0.2, -0.15) is 0 Å². The molecule has 0 fully saturated rings. The number of aliphatic hydroxyl groups is 1. The summed E-state index contributed by atoms with van der Waals surface area (Å²) in [5.41, 5.74) is 3.05. The summed E-state index contributed by atoms with van der Waals surface area (Å²) in [5, 5.41) is 14.8. The first kappa shape index (κ1) is 16.6. The van der Waals surface area contributed by atoms with Crippen molar-refractivity contribution in [3.63, 3.8) is 0 Å². The van der Waals surface area contributed by atoms with E-state index in [2.05, 4.69) is 17.4 Å². The van der Waals surface area contributed by atoms with E-state index in [0.717, 1.165) is 16.8 Å². The molecule has 0 radical (unpaired) electrons. The van der Waals surface area contributed by atoms with Crippen LogP contribution in [0.5, 0.6) is 0 Å². The summed E-state index contributed by atoms with van der Waals surface area (Å²) >= 11 is 5.96. The maximum Gasteiger partial charge on any atom is 0.0812 e. The molecule has 0 bridgehead atoms. The van der Waals surface area contributed by atoms with Crippen LogP contribution in [0.25, 0.3) is 0 Å². The van der Waals surface area contributed by atoms with Gasteiger partial charge in [0.25, 0.3) is 0 Å². The van der Waals surface area contributed by atoms with E-state index < -0.39 is 6.10 Å². The molecule has 122 valence electrons. The second-order valence-corrected chi connectivity index (χ2v) is 6.21. The van der Waals surface area contributed by atoms with Crippen molar-refractivity contribution in [3.05, 3.63) is 101 Å². The Morgan fingerprint density at radius 3 is 1.88 bits per heavy atom. The first-order valence-electron chi connectivity index (χ1n) is 8.02. The molecule has 0 aliphatic heterocycles. The molecule has 3 aromatic rings. The van der Waals surface area contributed by atoms with Gasteiger partial charge in [-0.25, -0.2) is 0 Å². The van der Waals surface area contributed by atoms with Crippen LogP contribution in [0.2, 0.25) is 5.02 Å². The van der Waals surface area contributed by atoms with E-state index in [1.54, 1.807) is 0 Å². The molecule has 3 aromatic carbocycles. The predicted octanol–water partition coefficient (Wildman–Crippen LogP) is 5.62. The zero-order valence-electron chi connectivity index (χ0n) is 13.3. The number of halogens is 1. The average Bonchev–Trinajstić information content (AvgIpc) is 2.64. The standard InChI is InChI=1S/C21H20ClNO/c22-18-11-13-19(14-12-18)23-20(16-7-3-1-4-8-16)15-21(24)17-9-5-2-6-10-17/h1-14,20-21,23-24H,15H2. The van der Waals surface area contributed by atoms with Crippen LogP contribution in [0, 0.1) is 0 Å². The Morgan fingerprint density at radius 2 is 1.29 bits per heavy atom. The molecule has 24 heavy (non-hydrogen) atoms. The lowest BCUT2D eigenvalue weighted by atomic mass is 9.96. The van der Waals surface area contributed by atoms with Gasteiger partial charge in [0.05, 0.1) is 12.1 Å². The number of hydrogen-bond donors (Lipinski definition) is 2. The fourth-order valence-corrected chi connectivity index (χ4v) is 2.87. The van der Waals surface area contributed by atoms with Crippen LogP contribution >= 0.6 is 11.6 Å². The van der Waals surface area contributed by atoms with Crippen molar-refractivity contribution in [1.29, 1.82) is 0 Å². The number of nitrogens with one attached hydrogen (secondary N) is 1. The van der Waals surface area contributed by atoms with Gasteiger partial charge in [-0.1, -0.05) is 72.3 Å². The predicted molar refractivity (Wildman–Crippen MR) is 100 cm³/mol. The topological polar surface area (TPSA) is 32.3 Å². The molecular formula is C21H20ClNO. The molecule has 0 aliphatic rings. The zero-order chi connectivity index (χ0) is 16.8. The van der Waals surface area contributed by atoms with E-state index in [4.69, 9.17) is 11.6 Å². The first-order chi connectivity index (χ1) is 11.7. The van der Waals surface area contributed by atoms with Gasteiger partial charge in [-0.15, -0.1) is 0 Å². The number of rotatable bonds is 6. The minimum absolute atomic E-state index is 0.00239. The third-order valence-electron chi connectivity index (χ3n) is 4.03. The lowest BCUT2D eigenvalue weighted by Crippen LogP contribution is -2.14. The van der Waals surface area contributed by atoms with Crippen molar-refractivity contribution in [1.82, 2.24) is 0 Å². The Hall–Kier alpha value is -2.29. The molecule has 3 heteroatoms. The highest BCUT2D eigenvalue weighted by Gasteiger charge is 2.17. The number of benzene rings is 3. The van der Waals surface area contributed by atoms with Crippen LogP contribution in [0.4, 0.5) is 5.69 Å². The summed E-state index contributed by atoms with van der Waals surface area (Å²) in [6.45, 7) is 0. The Morgan fingerprint density at radius 1 is 0.750 bits per heavy atom. The molecule has 0 heterocycles. The molecule has 0 amide bonds. The van der Waals surface area contributed by atoms with Crippen LogP contribution in [0.3, 0.4) is 0 Å². The normalized spacial score (nSPS) is 13.2. The van der Waals surface area contributed by atoms with Gasteiger partial charge in [0.2, 0.25) is 0 Å². The second kappa shape index (κ2) is 8.00. The molecule has 0 spiro atoms. The molecular weight excluding hydrogens is 318 g/mol. The largest absolute Gasteiger partial charge is 0.388 e. The summed E-state index contributed by atoms with van der Waals surface area (Å²) in [7, 11) is 0. The fourth-order valence-electron chi connectivity index (χ4n) is 2.75. The van der Waals surface area contributed by atoms with Crippen LogP contribution in [-0.4, -0.2) is 5.11 Å². The summed E-state index contributed by atoms with van der Waals surface area (Å²) < 4.78 is 0. The second-order valence-electron chi connectivity index (χ2n) is 5.78. The molecule has 0 aliphatic carbocycles. The van der Waals surface area contributed by atoms with Crippen LogP contribution in [0.15, 0.2) is 84.9 Å². The molecule has 0 saturated carbocycles.